The van der Waals surface area contributed by atoms with Gasteiger partial charge in [0.1, 0.15) is 5.82 Å². The number of sulfonamides is 1. The molecule has 8 heteroatoms. The molecule has 0 radical (unpaired) electrons. The van der Waals surface area contributed by atoms with Crippen LogP contribution in [0, 0.1) is 27.8 Å². The Kier molecular flexibility index (Phi) is 5.05. The fourth-order valence-electron chi connectivity index (χ4n) is 1.66. The maximum Gasteiger partial charge on any atom is 0.270 e. The van der Waals surface area contributed by atoms with Crippen molar-refractivity contribution in [3.63, 3.8) is 0 Å². The number of nitrogens with zero attached hydrogens (tertiary/aromatic N) is 1. The van der Waals surface area contributed by atoms with Gasteiger partial charge >= 0.3 is 0 Å². The molecule has 0 aliphatic rings. The summed E-state index contributed by atoms with van der Waals surface area (Å²) in [6.45, 7) is -0.178. The first-order chi connectivity index (χ1) is 10.9. The van der Waals surface area contributed by atoms with Crippen molar-refractivity contribution in [2.45, 2.75) is 4.90 Å². The predicted octanol–water partition coefficient (Wildman–Crippen LogP) is 2.06. The fourth-order valence-corrected chi connectivity index (χ4v) is 2.62. The van der Waals surface area contributed by atoms with E-state index in [0.29, 0.717) is 5.56 Å². The zero-order chi connectivity index (χ0) is 16.9. The van der Waals surface area contributed by atoms with Gasteiger partial charge in [0.25, 0.3) is 5.69 Å². The summed E-state index contributed by atoms with van der Waals surface area (Å²) in [5.74, 6) is 4.87. The van der Waals surface area contributed by atoms with Gasteiger partial charge in [-0.1, -0.05) is 17.9 Å². The molecule has 2 aromatic carbocycles. The first-order valence-corrected chi connectivity index (χ1v) is 7.85. The summed E-state index contributed by atoms with van der Waals surface area (Å²) in [7, 11) is -3.89. The van der Waals surface area contributed by atoms with Crippen LogP contribution in [0.15, 0.2) is 53.4 Å². The van der Waals surface area contributed by atoms with Crippen LogP contribution in [0.5, 0.6) is 0 Å². The highest BCUT2D eigenvalue weighted by atomic mass is 32.2. The van der Waals surface area contributed by atoms with E-state index in [2.05, 4.69) is 16.6 Å². The summed E-state index contributed by atoms with van der Waals surface area (Å²) >= 11 is 0. The number of hydrogen-bond donors (Lipinski definition) is 1. The molecule has 0 fully saturated rings. The maximum absolute atomic E-state index is 12.7. The average molecular weight is 334 g/mol. The predicted molar refractivity (Wildman–Crippen MR) is 81.6 cm³/mol. The lowest BCUT2D eigenvalue weighted by atomic mass is 10.2. The van der Waals surface area contributed by atoms with Crippen molar-refractivity contribution in [3.05, 3.63) is 70.0 Å². The van der Waals surface area contributed by atoms with Crippen LogP contribution < -0.4 is 4.72 Å². The Hall–Kier alpha value is -2.76. The van der Waals surface area contributed by atoms with Crippen molar-refractivity contribution in [1.29, 1.82) is 0 Å². The van der Waals surface area contributed by atoms with Gasteiger partial charge in [-0.3, -0.25) is 10.1 Å². The van der Waals surface area contributed by atoms with Gasteiger partial charge < -0.3 is 0 Å². The van der Waals surface area contributed by atoms with E-state index >= 15 is 0 Å². The van der Waals surface area contributed by atoms with Crippen LogP contribution in [0.3, 0.4) is 0 Å². The molecule has 0 bridgehead atoms. The van der Waals surface area contributed by atoms with Crippen LogP contribution in [0.25, 0.3) is 0 Å². The van der Waals surface area contributed by atoms with Crippen molar-refractivity contribution < 1.29 is 17.7 Å². The van der Waals surface area contributed by atoms with E-state index in [-0.39, 0.29) is 22.9 Å². The zero-order valence-electron chi connectivity index (χ0n) is 11.7. The minimum Gasteiger partial charge on any atom is -0.258 e. The number of benzene rings is 2. The van der Waals surface area contributed by atoms with Gasteiger partial charge in [-0.05, 0) is 30.3 Å². The van der Waals surface area contributed by atoms with E-state index in [1.165, 1.54) is 42.5 Å². The van der Waals surface area contributed by atoms with Crippen molar-refractivity contribution >= 4 is 15.7 Å². The highest BCUT2D eigenvalue weighted by Gasteiger charge is 2.16. The second kappa shape index (κ2) is 7.00. The largest absolute Gasteiger partial charge is 0.270 e. The van der Waals surface area contributed by atoms with Gasteiger partial charge in [0.2, 0.25) is 10.0 Å². The third-order valence-corrected chi connectivity index (χ3v) is 4.17. The van der Waals surface area contributed by atoms with Gasteiger partial charge in [0, 0.05) is 17.7 Å². The molecule has 2 aromatic rings. The average Bonchev–Trinajstić information content (AvgIpc) is 2.53. The Morgan fingerprint density at radius 2 is 1.87 bits per heavy atom. The number of hydrogen-bond acceptors (Lipinski definition) is 4. The number of non-ortho nitro benzene ring substituents is 1. The lowest BCUT2D eigenvalue weighted by molar-refractivity contribution is -0.385. The molecule has 0 saturated carbocycles. The molecule has 23 heavy (non-hydrogen) atoms. The van der Waals surface area contributed by atoms with Gasteiger partial charge in [-0.2, -0.15) is 4.72 Å². The number of nitrogens with one attached hydrogen (secondary N) is 1. The smallest absolute Gasteiger partial charge is 0.258 e. The normalized spacial score (nSPS) is 10.7. The summed E-state index contributed by atoms with van der Waals surface area (Å²) in [5, 5.41) is 10.7. The molecule has 118 valence electrons. The first-order valence-electron chi connectivity index (χ1n) is 6.37. The Labute approximate surface area is 132 Å². The number of halogens is 1. The molecule has 2 rings (SSSR count). The van der Waals surface area contributed by atoms with Crippen LogP contribution in [-0.2, 0) is 10.0 Å². The second-order valence-electron chi connectivity index (χ2n) is 4.39. The Bertz CT molecular complexity index is 884. The third-order valence-electron chi connectivity index (χ3n) is 2.77. The van der Waals surface area contributed by atoms with Crippen LogP contribution in [-0.4, -0.2) is 19.9 Å². The molecular weight excluding hydrogens is 323 g/mol. The Morgan fingerprint density at radius 3 is 2.52 bits per heavy atom. The molecule has 0 aliphatic carbocycles. The summed E-state index contributed by atoms with van der Waals surface area (Å²) in [6, 6.07) is 10.1. The van der Waals surface area contributed by atoms with Crippen molar-refractivity contribution in [3.8, 4) is 11.8 Å². The highest BCUT2D eigenvalue weighted by Crippen LogP contribution is 2.16. The van der Waals surface area contributed by atoms with E-state index in [1.807, 2.05) is 0 Å². The van der Waals surface area contributed by atoms with Gasteiger partial charge in [0.05, 0.1) is 16.4 Å². The van der Waals surface area contributed by atoms with Crippen LogP contribution in [0.2, 0.25) is 0 Å². The van der Waals surface area contributed by atoms with Crippen molar-refractivity contribution in [1.82, 2.24) is 4.72 Å². The van der Waals surface area contributed by atoms with Crippen LogP contribution in [0.1, 0.15) is 5.56 Å². The maximum atomic E-state index is 12.7. The number of nitro benzene ring substituents is 1. The first kappa shape index (κ1) is 16.6. The molecule has 0 saturated heterocycles. The standard InChI is InChI=1S/C15H11FN2O4S/c16-13-8-6-12(7-9-13)3-2-10-17-23(21,22)15-5-1-4-14(11-15)18(19)20/h1,4-9,11,17H,10H2. The van der Waals surface area contributed by atoms with Gasteiger partial charge in [-0.25, -0.2) is 12.8 Å². The number of rotatable bonds is 4. The minimum absolute atomic E-state index is 0.178. The molecule has 1 N–H and O–H groups in total. The Morgan fingerprint density at radius 1 is 1.17 bits per heavy atom. The SMILES string of the molecule is O=[N+]([O-])c1cccc(S(=O)(=O)NCC#Cc2ccc(F)cc2)c1. The topological polar surface area (TPSA) is 89.3 Å². The van der Waals surface area contributed by atoms with Crippen LogP contribution >= 0.6 is 0 Å². The van der Waals surface area contributed by atoms with Crippen molar-refractivity contribution in [2.75, 3.05) is 6.54 Å². The molecule has 0 unspecified atom stereocenters. The molecule has 6 nitrogen and oxygen atoms in total. The van der Waals surface area contributed by atoms with E-state index < -0.39 is 14.9 Å². The van der Waals surface area contributed by atoms with Crippen LogP contribution in [0.4, 0.5) is 10.1 Å². The summed E-state index contributed by atoms with van der Waals surface area (Å²) in [6.07, 6.45) is 0. The zero-order valence-corrected chi connectivity index (χ0v) is 12.5. The van der Waals surface area contributed by atoms with E-state index in [4.69, 9.17) is 0 Å². The molecule has 0 atom stereocenters. The molecular formula is C15H11FN2O4S. The van der Waals surface area contributed by atoms with Gasteiger partial charge in [-0.15, -0.1) is 0 Å². The lowest BCUT2D eigenvalue weighted by Gasteiger charge is -2.03. The van der Waals surface area contributed by atoms with E-state index in [0.717, 1.165) is 6.07 Å². The van der Waals surface area contributed by atoms with Gasteiger partial charge in [0.15, 0.2) is 0 Å². The quantitative estimate of drug-likeness (QED) is 0.526. The highest BCUT2D eigenvalue weighted by molar-refractivity contribution is 7.89. The van der Waals surface area contributed by atoms with E-state index in [9.17, 15) is 22.9 Å². The summed E-state index contributed by atoms with van der Waals surface area (Å²) in [4.78, 5) is 9.78. The monoisotopic (exact) mass is 334 g/mol. The Balaban J connectivity index is 2.06. The molecule has 0 amide bonds. The molecule has 0 aliphatic heterocycles. The summed E-state index contributed by atoms with van der Waals surface area (Å²) < 4.78 is 39.0. The fraction of sp³-hybridized carbons (Fsp3) is 0.0667. The minimum atomic E-state index is -3.89. The number of nitro groups is 1. The lowest BCUT2D eigenvalue weighted by Crippen LogP contribution is -2.24. The molecule has 0 spiro atoms. The second-order valence-corrected chi connectivity index (χ2v) is 6.15. The van der Waals surface area contributed by atoms with Crippen molar-refractivity contribution in [2.24, 2.45) is 0 Å². The third kappa shape index (κ3) is 4.60. The van der Waals surface area contributed by atoms with E-state index in [1.54, 1.807) is 0 Å². The molecule has 0 aromatic heterocycles. The molecule has 0 heterocycles. The summed E-state index contributed by atoms with van der Waals surface area (Å²) in [5.41, 5.74) is 0.228.